The molecule has 4 N–H and O–H groups in total. The molecule has 1 atom stereocenters. The molecule has 0 fully saturated rings. The van der Waals surface area contributed by atoms with Crippen molar-refractivity contribution in [2.45, 2.75) is 13.0 Å². The fourth-order valence-electron chi connectivity index (χ4n) is 0.988. The molecule has 0 amide bonds. The summed E-state index contributed by atoms with van der Waals surface area (Å²) in [5.41, 5.74) is 2.37. The Kier molecular flexibility index (Phi) is 4.72. The van der Waals surface area contributed by atoms with E-state index < -0.39 is 0 Å². The van der Waals surface area contributed by atoms with Crippen LogP contribution in [-0.4, -0.2) is 41.5 Å². The average Bonchev–Trinajstić information content (AvgIpc) is 2.27. The topological polar surface area (TPSA) is 79.1 Å². The highest BCUT2D eigenvalue weighted by Gasteiger charge is 2.08. The van der Waals surface area contributed by atoms with Crippen molar-refractivity contribution in [1.82, 2.24) is 14.9 Å². The van der Waals surface area contributed by atoms with Gasteiger partial charge in [0.1, 0.15) is 5.02 Å². The van der Waals surface area contributed by atoms with Crippen molar-refractivity contribution in [2.75, 3.05) is 31.4 Å². The Morgan fingerprint density at radius 2 is 2.25 bits per heavy atom. The summed E-state index contributed by atoms with van der Waals surface area (Å²) in [6.07, 6.45) is 1.51. The van der Waals surface area contributed by atoms with Gasteiger partial charge in [-0.15, -0.1) is 0 Å². The molecule has 7 heteroatoms. The van der Waals surface area contributed by atoms with Crippen LogP contribution in [0.3, 0.4) is 0 Å². The van der Waals surface area contributed by atoms with Crippen LogP contribution in [0.1, 0.15) is 6.92 Å². The number of nitrogens with one attached hydrogen (secondary N) is 2. The van der Waals surface area contributed by atoms with E-state index in [1.54, 1.807) is 0 Å². The maximum atomic E-state index is 5.95. The van der Waals surface area contributed by atoms with E-state index in [1.807, 2.05) is 14.1 Å². The summed E-state index contributed by atoms with van der Waals surface area (Å²) in [6.45, 7) is 2.85. The van der Waals surface area contributed by atoms with Crippen LogP contribution in [-0.2, 0) is 0 Å². The van der Waals surface area contributed by atoms with Crippen LogP contribution in [0.4, 0.5) is 11.8 Å². The van der Waals surface area contributed by atoms with Crippen LogP contribution in [0.25, 0.3) is 0 Å². The van der Waals surface area contributed by atoms with E-state index in [9.17, 15) is 0 Å². The van der Waals surface area contributed by atoms with Crippen molar-refractivity contribution in [3.63, 3.8) is 0 Å². The minimum absolute atomic E-state index is 0.337. The molecule has 1 heterocycles. The second-order valence-corrected chi connectivity index (χ2v) is 4.14. The Balaban J connectivity index is 2.65. The van der Waals surface area contributed by atoms with E-state index >= 15 is 0 Å². The first-order chi connectivity index (χ1) is 7.54. The first-order valence-corrected chi connectivity index (χ1v) is 5.32. The van der Waals surface area contributed by atoms with Gasteiger partial charge < -0.3 is 10.2 Å². The third-order valence-corrected chi connectivity index (χ3v) is 2.60. The highest BCUT2D eigenvalue weighted by Crippen LogP contribution is 2.18. The summed E-state index contributed by atoms with van der Waals surface area (Å²) >= 11 is 5.95. The van der Waals surface area contributed by atoms with Crippen LogP contribution >= 0.6 is 11.6 Å². The normalized spacial score (nSPS) is 12.6. The molecule has 1 rings (SSSR count). The van der Waals surface area contributed by atoms with E-state index in [1.165, 1.54) is 6.20 Å². The minimum atomic E-state index is 0.337. The zero-order valence-electron chi connectivity index (χ0n) is 9.66. The summed E-state index contributed by atoms with van der Waals surface area (Å²) in [4.78, 5) is 10.1. The molecule has 90 valence electrons. The van der Waals surface area contributed by atoms with Crippen molar-refractivity contribution in [2.24, 2.45) is 5.84 Å². The van der Waals surface area contributed by atoms with E-state index in [0.717, 1.165) is 6.54 Å². The maximum absolute atomic E-state index is 5.95. The molecule has 0 spiro atoms. The van der Waals surface area contributed by atoms with Crippen molar-refractivity contribution >= 4 is 23.4 Å². The summed E-state index contributed by atoms with van der Waals surface area (Å²) in [5.74, 6) is 6.14. The quantitative estimate of drug-likeness (QED) is 0.525. The number of nitrogens with two attached hydrogens (primary N) is 1. The maximum Gasteiger partial charge on any atom is 0.239 e. The number of hydrogen-bond acceptors (Lipinski definition) is 6. The van der Waals surface area contributed by atoms with Crippen molar-refractivity contribution in [3.05, 3.63) is 11.2 Å². The first-order valence-electron chi connectivity index (χ1n) is 4.94. The smallest absolute Gasteiger partial charge is 0.239 e. The standard InChI is InChI=1S/C9H17ClN6/c1-6(16(2)3)4-12-8-7(10)5-13-9(14-8)15-11/h5-6H,4,11H2,1-3H3,(H2,12,13,14,15). The van der Waals surface area contributed by atoms with E-state index in [2.05, 4.69) is 32.5 Å². The number of nitrogens with zero attached hydrogens (tertiary/aromatic N) is 3. The number of rotatable bonds is 5. The number of hydrazine groups is 1. The lowest BCUT2D eigenvalue weighted by Gasteiger charge is -2.20. The van der Waals surface area contributed by atoms with Gasteiger partial charge in [-0.1, -0.05) is 11.6 Å². The average molecular weight is 245 g/mol. The lowest BCUT2D eigenvalue weighted by Crippen LogP contribution is -2.31. The molecule has 0 saturated heterocycles. The van der Waals surface area contributed by atoms with E-state index in [0.29, 0.717) is 22.8 Å². The van der Waals surface area contributed by atoms with Crippen LogP contribution in [0.15, 0.2) is 6.20 Å². The lowest BCUT2D eigenvalue weighted by molar-refractivity contribution is 0.326. The van der Waals surface area contributed by atoms with Gasteiger partial charge in [0.2, 0.25) is 5.95 Å². The summed E-state index contributed by atoms with van der Waals surface area (Å²) in [5, 5.41) is 3.63. The summed E-state index contributed by atoms with van der Waals surface area (Å²) < 4.78 is 0. The second-order valence-electron chi connectivity index (χ2n) is 3.73. The molecule has 0 bridgehead atoms. The largest absolute Gasteiger partial charge is 0.367 e. The third kappa shape index (κ3) is 3.48. The fraction of sp³-hybridized carbons (Fsp3) is 0.556. The highest BCUT2D eigenvalue weighted by molar-refractivity contribution is 6.32. The Morgan fingerprint density at radius 1 is 1.56 bits per heavy atom. The van der Waals surface area contributed by atoms with Crippen molar-refractivity contribution < 1.29 is 0 Å². The lowest BCUT2D eigenvalue weighted by atomic mass is 10.3. The SMILES string of the molecule is CC(CNc1nc(NN)ncc1Cl)N(C)C. The Bertz CT molecular complexity index is 343. The Hall–Kier alpha value is -1.11. The van der Waals surface area contributed by atoms with Gasteiger partial charge in [0.25, 0.3) is 0 Å². The van der Waals surface area contributed by atoms with Gasteiger partial charge in [0, 0.05) is 12.6 Å². The molecule has 0 aliphatic carbocycles. The first kappa shape index (κ1) is 13.0. The molecule has 16 heavy (non-hydrogen) atoms. The predicted molar refractivity (Wildman–Crippen MR) is 66.5 cm³/mol. The molecule has 1 aromatic rings. The Labute approximate surface area is 100 Å². The number of halogens is 1. The van der Waals surface area contributed by atoms with Gasteiger partial charge in [0.05, 0.1) is 6.20 Å². The predicted octanol–water partition coefficient (Wildman–Crippen LogP) is 0.778. The van der Waals surface area contributed by atoms with Gasteiger partial charge in [0.15, 0.2) is 5.82 Å². The van der Waals surface area contributed by atoms with Gasteiger partial charge in [-0.25, -0.2) is 10.8 Å². The monoisotopic (exact) mass is 244 g/mol. The summed E-state index contributed by atoms with van der Waals surface area (Å²) in [6, 6.07) is 0.375. The molecule has 0 saturated carbocycles. The van der Waals surface area contributed by atoms with Crippen LogP contribution < -0.4 is 16.6 Å². The van der Waals surface area contributed by atoms with Gasteiger partial charge >= 0.3 is 0 Å². The number of hydrogen-bond donors (Lipinski definition) is 3. The molecule has 1 unspecified atom stereocenters. The number of likely N-dealkylation sites (N-methyl/N-ethyl adjacent to an activating group) is 1. The highest BCUT2D eigenvalue weighted by atomic mass is 35.5. The van der Waals surface area contributed by atoms with Crippen LogP contribution in [0, 0.1) is 0 Å². The zero-order valence-corrected chi connectivity index (χ0v) is 10.4. The molecule has 1 aromatic heterocycles. The number of aromatic nitrogens is 2. The molecule has 0 aromatic carbocycles. The van der Waals surface area contributed by atoms with Gasteiger partial charge in [-0.2, -0.15) is 4.98 Å². The van der Waals surface area contributed by atoms with Crippen molar-refractivity contribution in [1.29, 1.82) is 0 Å². The molecular formula is C9H17ClN6. The number of anilines is 2. The van der Waals surface area contributed by atoms with E-state index in [-0.39, 0.29) is 0 Å². The van der Waals surface area contributed by atoms with Gasteiger partial charge in [-0.05, 0) is 21.0 Å². The number of nitrogen functional groups attached to an aromatic ring is 1. The van der Waals surface area contributed by atoms with Crippen LogP contribution in [0.2, 0.25) is 5.02 Å². The Morgan fingerprint density at radius 3 is 2.81 bits per heavy atom. The summed E-state index contributed by atoms with van der Waals surface area (Å²) in [7, 11) is 4.03. The molecule has 0 radical (unpaired) electrons. The molecular weight excluding hydrogens is 228 g/mol. The van der Waals surface area contributed by atoms with Crippen LogP contribution in [0.5, 0.6) is 0 Å². The van der Waals surface area contributed by atoms with Crippen molar-refractivity contribution in [3.8, 4) is 0 Å². The fourth-order valence-corrected chi connectivity index (χ4v) is 1.15. The molecule has 6 nitrogen and oxygen atoms in total. The minimum Gasteiger partial charge on any atom is -0.367 e. The van der Waals surface area contributed by atoms with E-state index in [4.69, 9.17) is 17.4 Å². The zero-order chi connectivity index (χ0) is 12.1. The second kappa shape index (κ2) is 5.83. The van der Waals surface area contributed by atoms with Gasteiger partial charge in [-0.3, -0.25) is 5.43 Å². The molecule has 0 aliphatic heterocycles. The third-order valence-electron chi connectivity index (χ3n) is 2.32. The molecule has 0 aliphatic rings.